The van der Waals surface area contributed by atoms with Crippen molar-refractivity contribution in [1.82, 2.24) is 29.4 Å². The van der Waals surface area contributed by atoms with E-state index in [2.05, 4.69) is 43.2 Å². The first kappa shape index (κ1) is 43.5. The quantitative estimate of drug-likeness (QED) is 0.106. The number of thiocarbonyl (C=S) groups is 2. The Morgan fingerprint density at radius 3 is 1.18 bits per heavy atom. The third-order valence-electron chi connectivity index (χ3n) is 9.54. The lowest BCUT2D eigenvalue weighted by atomic mass is 10.2. The maximum atomic E-state index is 13.4. The lowest BCUT2D eigenvalue weighted by Crippen LogP contribution is -2.47. The number of hydrogen-bond donors (Lipinski definition) is 0. The maximum Gasteiger partial charge on any atom is 0.281 e. The second-order valence-corrected chi connectivity index (χ2v) is 21.6. The molecule has 16 heteroatoms. The molecule has 4 saturated heterocycles. The monoisotopic (exact) mass is 840 g/mol. The van der Waals surface area contributed by atoms with Crippen LogP contribution in [0.2, 0.25) is 0 Å². The van der Waals surface area contributed by atoms with Crippen molar-refractivity contribution in [2.24, 2.45) is 0 Å². The third-order valence-corrected chi connectivity index (χ3v) is 19.2. The van der Waals surface area contributed by atoms with Gasteiger partial charge < -0.3 is 19.6 Å². The minimum Gasteiger partial charge on any atom is -0.358 e. The predicted octanol–water partition coefficient (Wildman–Crippen LogP) is 7.87. The van der Waals surface area contributed by atoms with Crippen molar-refractivity contribution in [3.8, 4) is 0 Å². The highest BCUT2D eigenvalue weighted by molar-refractivity contribution is 8.77. The summed E-state index contributed by atoms with van der Waals surface area (Å²) >= 11 is 18.2. The fourth-order valence-corrected chi connectivity index (χ4v) is 15.5. The number of hydrogen-bond acceptors (Lipinski definition) is 12. The smallest absolute Gasteiger partial charge is 0.281 e. The molecule has 286 valence electrons. The molecular formula is C34H60N6O2S8. The molecule has 0 aromatic heterocycles. The number of amides is 2. The number of carbonyl (C=O) groups is 2. The van der Waals surface area contributed by atoms with E-state index in [4.69, 9.17) is 24.4 Å². The number of rotatable bonds is 17. The Morgan fingerprint density at radius 1 is 0.500 bits per heavy atom. The summed E-state index contributed by atoms with van der Waals surface area (Å²) in [5.74, 6) is 3.31. The van der Waals surface area contributed by atoms with E-state index >= 15 is 0 Å². The highest BCUT2D eigenvalue weighted by atomic mass is 33.1. The Hall–Kier alpha value is 0.740. The van der Waals surface area contributed by atoms with Crippen molar-refractivity contribution in [3.05, 3.63) is 0 Å². The van der Waals surface area contributed by atoms with Crippen molar-refractivity contribution in [2.75, 3.05) is 115 Å². The van der Waals surface area contributed by atoms with E-state index in [0.29, 0.717) is 0 Å². The van der Waals surface area contributed by atoms with Crippen molar-refractivity contribution < 1.29 is 9.59 Å². The fraction of sp³-hybridized carbons (Fsp3) is 0.882. The number of piperazine rings is 2. The Kier molecular flexibility index (Phi) is 21.7. The summed E-state index contributed by atoms with van der Waals surface area (Å²) in [6, 6.07) is 0. The first-order valence-electron chi connectivity index (χ1n) is 18.8. The van der Waals surface area contributed by atoms with Crippen LogP contribution in [0.1, 0.15) is 65.2 Å². The van der Waals surface area contributed by atoms with E-state index in [1.165, 1.54) is 74.9 Å². The Morgan fingerprint density at radius 2 is 0.840 bits per heavy atom. The molecule has 0 N–H and O–H groups in total. The van der Waals surface area contributed by atoms with Gasteiger partial charge in [-0.05, 0) is 51.6 Å². The van der Waals surface area contributed by atoms with Crippen LogP contribution in [-0.4, -0.2) is 174 Å². The summed E-state index contributed by atoms with van der Waals surface area (Å²) in [7, 11) is 3.79. The van der Waals surface area contributed by atoms with Crippen molar-refractivity contribution in [3.63, 3.8) is 0 Å². The van der Waals surface area contributed by atoms with Crippen LogP contribution in [0.25, 0.3) is 0 Å². The molecule has 0 spiro atoms. The molecule has 0 aromatic carbocycles. The molecular weight excluding hydrogens is 781 g/mol. The molecule has 0 saturated carbocycles. The molecule has 2 amide bonds. The molecule has 0 aromatic rings. The number of nitrogens with zero attached hydrogens (tertiary/aromatic N) is 6. The number of thioether (sulfide) groups is 4. The average molecular weight is 841 g/mol. The van der Waals surface area contributed by atoms with Gasteiger partial charge in [0, 0.05) is 112 Å². The van der Waals surface area contributed by atoms with Crippen LogP contribution in [0, 0.1) is 0 Å². The zero-order chi connectivity index (χ0) is 35.6. The van der Waals surface area contributed by atoms with Gasteiger partial charge in [0.15, 0.2) is 0 Å². The average Bonchev–Trinajstić information content (AvgIpc) is 3.89. The maximum absolute atomic E-state index is 13.4. The molecule has 4 aliphatic heterocycles. The molecule has 0 aliphatic carbocycles. The topological polar surface area (TPSA) is 53.6 Å². The number of unbranched alkanes of at least 4 members (excludes halogenated alkanes) is 2. The van der Waals surface area contributed by atoms with Crippen molar-refractivity contribution >= 4 is 112 Å². The Labute approximate surface area is 338 Å². The second kappa shape index (κ2) is 25.0. The van der Waals surface area contributed by atoms with Crippen LogP contribution in [0.15, 0.2) is 0 Å². The summed E-state index contributed by atoms with van der Waals surface area (Å²) in [5.41, 5.74) is 0. The van der Waals surface area contributed by atoms with E-state index in [9.17, 15) is 9.59 Å². The zero-order valence-electron chi connectivity index (χ0n) is 30.3. The number of likely N-dealkylation sites (tertiary alicyclic amines) is 2. The van der Waals surface area contributed by atoms with Crippen LogP contribution in [0.5, 0.6) is 0 Å². The molecule has 8 nitrogen and oxygen atoms in total. The summed E-state index contributed by atoms with van der Waals surface area (Å²) in [6.45, 7) is 18.2. The van der Waals surface area contributed by atoms with E-state index in [-0.39, 0.29) is 21.0 Å². The molecule has 4 aliphatic rings. The molecule has 4 fully saturated rings. The SMILES string of the molecule is CCCCN1CCN(C(=O)SCC(CSC(=S)N2CCCC2)SSC(CSC(=O)N2CCN(CCCC)CC2)CSC(=S)N2CCCC2)CC1. The largest absolute Gasteiger partial charge is 0.358 e. The normalized spacial score (nSPS) is 20.4. The van der Waals surface area contributed by atoms with Crippen LogP contribution in [-0.2, 0) is 0 Å². The molecule has 4 heterocycles. The van der Waals surface area contributed by atoms with Crippen LogP contribution < -0.4 is 0 Å². The predicted molar refractivity (Wildman–Crippen MR) is 236 cm³/mol. The highest BCUT2D eigenvalue weighted by Crippen LogP contribution is 2.38. The first-order chi connectivity index (χ1) is 24.4. The first-order valence-corrected chi connectivity index (χ1v) is 25.8. The van der Waals surface area contributed by atoms with Gasteiger partial charge in [0.2, 0.25) is 0 Å². The second-order valence-electron chi connectivity index (χ2n) is 13.5. The minimum absolute atomic E-state index is 0.210. The Balaban J connectivity index is 1.31. The summed E-state index contributed by atoms with van der Waals surface area (Å²) in [6.07, 6.45) is 9.74. The third kappa shape index (κ3) is 15.8. The van der Waals surface area contributed by atoms with Gasteiger partial charge in [0.25, 0.3) is 10.5 Å². The molecule has 2 unspecified atom stereocenters. The molecule has 2 atom stereocenters. The van der Waals surface area contributed by atoms with E-state index in [0.717, 1.165) is 123 Å². The standard InChI is InChI=1S/C34H60N6O2S8/c1-3-5-11-35-17-21-37(22-18-35)31(41)45-25-29(27-47-33(43)39-13-7-8-14-39)49-50-30(28-48-34(44)40-15-9-10-16-40)26-46-32(42)38-23-19-36(20-24-38)12-6-4-2/h29-30H,3-28H2,1-2H3. The highest BCUT2D eigenvalue weighted by Gasteiger charge is 2.27. The van der Waals surface area contributed by atoms with Gasteiger partial charge in [0.1, 0.15) is 8.64 Å². The summed E-state index contributed by atoms with van der Waals surface area (Å²) in [5, 5.41) is 0.948. The van der Waals surface area contributed by atoms with Gasteiger partial charge in [-0.2, -0.15) is 0 Å². The lowest BCUT2D eigenvalue weighted by Gasteiger charge is -2.34. The molecule has 0 radical (unpaired) electrons. The lowest BCUT2D eigenvalue weighted by molar-refractivity contribution is 0.152. The van der Waals surface area contributed by atoms with Crippen LogP contribution in [0.4, 0.5) is 9.59 Å². The number of carbonyl (C=O) groups excluding carboxylic acids is 2. The van der Waals surface area contributed by atoms with Gasteiger partial charge in [0.05, 0.1) is 0 Å². The van der Waals surface area contributed by atoms with E-state index in [1.54, 1.807) is 23.5 Å². The molecule has 50 heavy (non-hydrogen) atoms. The summed E-state index contributed by atoms with van der Waals surface area (Å²) < 4.78 is 1.99. The van der Waals surface area contributed by atoms with E-state index < -0.39 is 0 Å². The van der Waals surface area contributed by atoms with E-state index in [1.807, 2.05) is 21.6 Å². The van der Waals surface area contributed by atoms with Gasteiger partial charge in [-0.25, -0.2) is 0 Å². The fourth-order valence-electron chi connectivity index (χ4n) is 6.26. The van der Waals surface area contributed by atoms with Crippen LogP contribution in [0.3, 0.4) is 0 Å². The van der Waals surface area contributed by atoms with Crippen LogP contribution >= 0.6 is 93.1 Å². The summed E-state index contributed by atoms with van der Waals surface area (Å²) in [4.78, 5) is 40.5. The molecule has 0 bridgehead atoms. The van der Waals surface area contributed by atoms with Gasteiger partial charge >= 0.3 is 0 Å². The van der Waals surface area contributed by atoms with Gasteiger partial charge in [-0.15, -0.1) is 0 Å². The minimum atomic E-state index is 0.210. The van der Waals surface area contributed by atoms with Crippen molar-refractivity contribution in [2.45, 2.75) is 75.7 Å². The molecule has 4 rings (SSSR count). The zero-order valence-corrected chi connectivity index (χ0v) is 36.8. The van der Waals surface area contributed by atoms with Gasteiger partial charge in [-0.3, -0.25) is 19.4 Å². The van der Waals surface area contributed by atoms with Gasteiger partial charge in [-0.1, -0.05) is 120 Å². The Bertz CT molecular complexity index is 955. The van der Waals surface area contributed by atoms with Crippen molar-refractivity contribution in [1.29, 1.82) is 0 Å².